The number of aryl methyl sites for hydroxylation is 3. The molecule has 0 bridgehead atoms. The van der Waals surface area contributed by atoms with Gasteiger partial charge >= 0.3 is 209 Å². The van der Waals surface area contributed by atoms with E-state index in [2.05, 4.69) is 79.8 Å². The first-order valence-corrected chi connectivity index (χ1v) is 21.4. The number of para-hydroxylation sites is 4. The molecule has 0 aliphatic carbocycles. The molecule has 0 saturated heterocycles. The average molecular weight is 992 g/mol. The van der Waals surface area contributed by atoms with E-state index in [0.717, 1.165) is 65.5 Å². The van der Waals surface area contributed by atoms with Gasteiger partial charge in [0.2, 0.25) is 0 Å². The molecule has 304 valence electrons. The Morgan fingerprint density at radius 3 is 2.16 bits per heavy atom. The van der Waals surface area contributed by atoms with Crippen molar-refractivity contribution in [1.82, 2.24) is 23.1 Å². The van der Waals surface area contributed by atoms with E-state index in [9.17, 15) is 0 Å². The number of fused-ring (bicyclic) bond motifs is 10. The predicted molar refractivity (Wildman–Crippen MR) is 250 cm³/mol. The number of aromatic nitrogens is 5. The SMILES string of the molecule is [2H]C([2H])([2H])c1ccc(-n2[c](=[Pt])n(C([2H])([2H])[2H])c3ccccc32)[c-]c1Oc1[c-]c2c(cc1)c1cc3c4cccc5c6ccccc6n(c3cc1n2-c1cc(C([2H])([2H])[2H])c(-c2ccc(C(C)(C)C)cc2)cn1)c54. The molecule has 0 atom stereocenters. The molecule has 5 aromatic heterocycles. The molecule has 6 nitrogen and oxygen atoms in total. The van der Waals surface area contributed by atoms with Crippen LogP contribution in [0.1, 0.15) is 49.8 Å². The van der Waals surface area contributed by atoms with Gasteiger partial charge in [-0.3, -0.25) is 0 Å². The molecule has 0 fully saturated rings. The minimum absolute atomic E-state index is 0.0979. The normalized spacial score (nSPS) is 15.2. The number of imidazole rings is 1. The van der Waals surface area contributed by atoms with E-state index in [1.54, 1.807) is 53.2 Å². The van der Waals surface area contributed by atoms with Gasteiger partial charge in [0.25, 0.3) is 0 Å². The number of ether oxygens (including phenoxy) is 1. The Hall–Kier alpha value is -6.75. The molecule has 0 radical (unpaired) electrons. The summed E-state index contributed by atoms with van der Waals surface area (Å²) in [4.78, 5) is 5.03. The average Bonchev–Trinajstić information content (AvgIpc) is 4.03. The summed E-state index contributed by atoms with van der Waals surface area (Å²) in [5, 5.41) is 6.04. The fraction of sp³-hybridized carbons (Fsp3) is 0.127. The summed E-state index contributed by atoms with van der Waals surface area (Å²) in [7, 11) is 0. The zero-order valence-corrected chi connectivity index (χ0v) is 36.0. The van der Waals surface area contributed by atoms with E-state index >= 15 is 0 Å². The van der Waals surface area contributed by atoms with Gasteiger partial charge in [0.15, 0.2) is 0 Å². The third-order valence-corrected chi connectivity index (χ3v) is 13.2. The second-order valence-corrected chi connectivity index (χ2v) is 17.9. The summed E-state index contributed by atoms with van der Waals surface area (Å²) < 4.78 is 91.1. The van der Waals surface area contributed by atoms with Gasteiger partial charge in [-0.05, 0) is 35.0 Å². The summed E-state index contributed by atoms with van der Waals surface area (Å²) in [6.07, 6.45) is 1.62. The monoisotopic (exact) mass is 991 g/mol. The fourth-order valence-electron chi connectivity index (χ4n) is 9.22. The molecule has 0 aliphatic rings. The van der Waals surface area contributed by atoms with Crippen LogP contribution in [0.2, 0.25) is 0 Å². The van der Waals surface area contributed by atoms with Crippen LogP contribution in [0, 0.1) is 29.6 Å². The van der Waals surface area contributed by atoms with Crippen molar-refractivity contribution in [2.24, 2.45) is 6.98 Å². The molecule has 0 amide bonds. The van der Waals surface area contributed by atoms with Crippen LogP contribution in [0.25, 0.3) is 93.6 Å². The first-order chi connectivity index (χ1) is 33.7. The number of benzene rings is 7. The number of rotatable bonds is 5. The van der Waals surface area contributed by atoms with Gasteiger partial charge in [-0.25, -0.2) is 0 Å². The second kappa shape index (κ2) is 13.4. The van der Waals surface area contributed by atoms with Crippen molar-refractivity contribution in [2.75, 3.05) is 0 Å². The standard InChI is InChI=1S/C55H41N5O.Pt/c1-33-18-23-37(58-32-57(6)47-16-9-10-17-48(47)58)27-52(33)61-38-24-25-40-43-29-44-42-14-11-13-41-39-12-7-8-15-46(39)60(54(41)42)51(44)30-50(43)59(49(40)28-38)53-26-34(2)45(31-56-53)35-19-21-36(22-20-35)55(3,4)5;/h7-26,29-31H,1-6H3;/q-2;/i1D3,2D3,6D3;. The van der Waals surface area contributed by atoms with Gasteiger partial charge in [-0.2, -0.15) is 0 Å². The van der Waals surface area contributed by atoms with E-state index in [0.29, 0.717) is 37.4 Å². The van der Waals surface area contributed by atoms with Crippen molar-refractivity contribution in [1.29, 1.82) is 0 Å². The Balaban J connectivity index is 1.10. The minimum Gasteiger partial charge on any atom is -0.0579 e. The first kappa shape index (κ1) is 28.7. The summed E-state index contributed by atoms with van der Waals surface area (Å²) >= 11 is 1.96. The summed E-state index contributed by atoms with van der Waals surface area (Å²) in [5.74, 6) is 0.401. The molecule has 0 aliphatic heterocycles. The van der Waals surface area contributed by atoms with Crippen molar-refractivity contribution >= 4 is 70.9 Å². The molecule has 0 saturated carbocycles. The summed E-state index contributed by atoms with van der Waals surface area (Å²) in [6, 6.07) is 49.0. The van der Waals surface area contributed by atoms with Crippen LogP contribution >= 0.6 is 0 Å². The molecular weight excluding hydrogens is 942 g/mol. The van der Waals surface area contributed by atoms with Gasteiger partial charge in [0.1, 0.15) is 0 Å². The minimum atomic E-state index is -2.62. The topological polar surface area (TPSA) is 41.3 Å². The van der Waals surface area contributed by atoms with Gasteiger partial charge in [0.05, 0.1) is 16.6 Å². The molecule has 0 spiro atoms. The Labute approximate surface area is 382 Å². The molecule has 12 rings (SSSR count). The first-order valence-electron chi connectivity index (χ1n) is 24.8. The van der Waals surface area contributed by atoms with Crippen molar-refractivity contribution in [2.45, 2.75) is 39.9 Å². The van der Waals surface area contributed by atoms with Crippen LogP contribution in [0.15, 0.2) is 140 Å². The zero-order valence-electron chi connectivity index (χ0n) is 42.7. The Morgan fingerprint density at radius 1 is 0.629 bits per heavy atom. The van der Waals surface area contributed by atoms with Gasteiger partial charge in [0, 0.05) is 37.4 Å². The smallest absolute Gasteiger partial charge is 0.0579 e. The maximum atomic E-state index is 8.83. The van der Waals surface area contributed by atoms with E-state index in [-0.39, 0.29) is 28.0 Å². The summed E-state index contributed by atoms with van der Waals surface area (Å²) in [6.45, 7) is -1.26. The molecule has 12 aromatic rings. The summed E-state index contributed by atoms with van der Waals surface area (Å²) in [5.41, 5.74) is 8.04. The Kier molecular flexibility index (Phi) is 6.19. The zero-order chi connectivity index (χ0) is 49.7. The molecule has 0 N–H and O–H groups in total. The maximum absolute atomic E-state index is 8.83. The van der Waals surface area contributed by atoms with Gasteiger partial charge in [-0.1, -0.05) is 81.4 Å². The van der Waals surface area contributed by atoms with Crippen LogP contribution in [0.3, 0.4) is 0 Å². The van der Waals surface area contributed by atoms with E-state index in [4.69, 9.17) is 22.1 Å². The fourth-order valence-corrected chi connectivity index (χ4v) is 10.0. The number of hydrogen-bond donors (Lipinski definition) is 0. The van der Waals surface area contributed by atoms with Crippen molar-refractivity contribution in [3.63, 3.8) is 0 Å². The molecular formula is C55H41N5OPt-2. The van der Waals surface area contributed by atoms with Crippen LogP contribution in [-0.4, -0.2) is 23.1 Å². The number of pyridine rings is 1. The van der Waals surface area contributed by atoms with Crippen LogP contribution in [0.4, 0.5) is 0 Å². The van der Waals surface area contributed by atoms with Crippen LogP contribution < -0.4 is 4.74 Å². The molecule has 62 heavy (non-hydrogen) atoms. The number of nitrogens with zero attached hydrogens (tertiary/aromatic N) is 5. The quantitative estimate of drug-likeness (QED) is 0.161. The van der Waals surface area contributed by atoms with Crippen molar-refractivity contribution in [3.05, 3.63) is 172 Å². The molecule has 7 aromatic carbocycles. The Bertz CT molecular complexity index is 4230. The second-order valence-electron chi connectivity index (χ2n) is 16.9. The van der Waals surface area contributed by atoms with Gasteiger partial charge < -0.3 is 4.40 Å². The van der Waals surface area contributed by atoms with E-state index < -0.39 is 20.7 Å². The molecule has 0 unspecified atom stereocenters. The van der Waals surface area contributed by atoms with E-state index in [1.165, 1.54) is 10.6 Å². The van der Waals surface area contributed by atoms with Crippen LogP contribution in [0.5, 0.6) is 11.5 Å². The van der Waals surface area contributed by atoms with Crippen molar-refractivity contribution in [3.8, 4) is 34.1 Å². The predicted octanol–water partition coefficient (Wildman–Crippen LogP) is 13.7. The Morgan fingerprint density at radius 2 is 1.37 bits per heavy atom. The number of hydrogen-bond acceptors (Lipinski definition) is 2. The third-order valence-electron chi connectivity index (χ3n) is 12.2. The van der Waals surface area contributed by atoms with Crippen molar-refractivity contribution < 1.29 is 36.4 Å². The molecule has 5 heterocycles. The van der Waals surface area contributed by atoms with E-state index in [1.807, 2.05) is 66.4 Å². The van der Waals surface area contributed by atoms with Crippen LogP contribution in [-0.2, 0) is 31.7 Å². The third kappa shape index (κ3) is 5.39. The van der Waals surface area contributed by atoms with Gasteiger partial charge in [-0.15, -0.1) is 0 Å². The molecule has 7 heteroatoms.